The van der Waals surface area contributed by atoms with Crippen molar-refractivity contribution in [2.75, 3.05) is 13.1 Å². The van der Waals surface area contributed by atoms with Crippen LogP contribution in [0.1, 0.15) is 51.4 Å². The van der Waals surface area contributed by atoms with Crippen molar-refractivity contribution in [3.63, 3.8) is 0 Å². The summed E-state index contributed by atoms with van der Waals surface area (Å²) in [6.07, 6.45) is 19.9. The second-order valence-electron chi connectivity index (χ2n) is 7.08. The van der Waals surface area contributed by atoms with Gasteiger partial charge in [0.25, 0.3) is 0 Å². The number of guanidine groups is 1. The highest BCUT2D eigenvalue weighted by molar-refractivity contribution is 9.11. The summed E-state index contributed by atoms with van der Waals surface area (Å²) < 4.78 is 0.949. The monoisotopic (exact) mass is 610 g/mol. The Kier molecular flexibility index (Phi) is 21.3. The van der Waals surface area contributed by atoms with E-state index in [2.05, 4.69) is 71.8 Å². The summed E-state index contributed by atoms with van der Waals surface area (Å²) in [6, 6.07) is 0. The molecule has 0 unspecified atom stereocenters. The SMILES string of the molecule is C#CCCC#C/C=C/C#CC[C@H](Br)[C@@H](Cl)C/C(Br)=C\C=C/CC(=O)NCCCCCN=C(N)N. The Morgan fingerprint density at radius 2 is 1.88 bits per heavy atom. The highest BCUT2D eigenvalue weighted by atomic mass is 79.9. The number of rotatable bonds is 14. The van der Waals surface area contributed by atoms with E-state index in [1.165, 1.54) is 0 Å². The highest BCUT2D eigenvalue weighted by Gasteiger charge is 2.15. The van der Waals surface area contributed by atoms with Crippen molar-refractivity contribution >= 4 is 55.3 Å². The number of carbonyl (C=O) groups is 1. The van der Waals surface area contributed by atoms with Crippen LogP contribution < -0.4 is 16.8 Å². The van der Waals surface area contributed by atoms with Gasteiger partial charge in [-0.2, -0.15) is 0 Å². The van der Waals surface area contributed by atoms with Crippen molar-refractivity contribution in [1.29, 1.82) is 0 Å². The van der Waals surface area contributed by atoms with Crippen molar-refractivity contribution in [1.82, 2.24) is 5.32 Å². The van der Waals surface area contributed by atoms with E-state index < -0.39 is 0 Å². The minimum Gasteiger partial charge on any atom is -0.370 e. The van der Waals surface area contributed by atoms with Gasteiger partial charge in [-0.25, -0.2) is 0 Å². The lowest BCUT2D eigenvalue weighted by Gasteiger charge is -2.13. The normalized spacial score (nSPS) is 12.7. The first-order valence-corrected chi connectivity index (χ1v) is 13.2. The lowest BCUT2D eigenvalue weighted by molar-refractivity contribution is -0.120. The van der Waals surface area contributed by atoms with E-state index in [9.17, 15) is 4.79 Å². The van der Waals surface area contributed by atoms with Gasteiger partial charge in [0.2, 0.25) is 5.91 Å². The Morgan fingerprint density at radius 3 is 2.59 bits per heavy atom. The van der Waals surface area contributed by atoms with E-state index in [0.717, 1.165) is 23.7 Å². The number of nitrogens with zero attached hydrogens (tertiary/aromatic N) is 1. The summed E-state index contributed by atoms with van der Waals surface area (Å²) in [4.78, 5) is 15.8. The lowest BCUT2D eigenvalue weighted by atomic mass is 10.1. The van der Waals surface area contributed by atoms with Crippen molar-refractivity contribution in [3.8, 4) is 36.0 Å². The Hall–Kier alpha value is -2.11. The molecule has 0 rings (SSSR count). The maximum absolute atomic E-state index is 11.8. The molecule has 5 N–H and O–H groups in total. The van der Waals surface area contributed by atoms with Crippen LogP contribution in [0.15, 0.2) is 39.9 Å². The molecule has 0 aliphatic carbocycles. The van der Waals surface area contributed by atoms with Crippen LogP contribution in [-0.4, -0.2) is 35.2 Å². The molecule has 0 bridgehead atoms. The van der Waals surface area contributed by atoms with Gasteiger partial charge < -0.3 is 16.8 Å². The number of nitrogens with two attached hydrogens (primary N) is 2. The number of halogens is 3. The number of aliphatic imine (C=N–C) groups is 1. The van der Waals surface area contributed by atoms with Crippen LogP contribution in [-0.2, 0) is 4.79 Å². The maximum Gasteiger partial charge on any atom is 0.223 e. The zero-order valence-electron chi connectivity index (χ0n) is 19.3. The molecule has 0 saturated carbocycles. The smallest absolute Gasteiger partial charge is 0.223 e. The number of nitrogens with one attached hydrogen (secondary N) is 1. The van der Waals surface area contributed by atoms with Crippen molar-refractivity contribution in [3.05, 3.63) is 34.9 Å². The van der Waals surface area contributed by atoms with E-state index in [4.69, 9.17) is 29.5 Å². The third kappa shape index (κ3) is 21.7. The number of allylic oxidation sites excluding steroid dienone is 5. The summed E-state index contributed by atoms with van der Waals surface area (Å²) in [5.74, 6) is 14.5. The number of carbonyl (C=O) groups excluding carboxylic acids is 1. The fourth-order valence-corrected chi connectivity index (χ4v) is 3.64. The molecule has 0 heterocycles. The maximum atomic E-state index is 11.8. The van der Waals surface area contributed by atoms with E-state index >= 15 is 0 Å². The molecule has 0 saturated heterocycles. The predicted octanol–water partition coefficient (Wildman–Crippen LogP) is 4.90. The Labute approximate surface area is 226 Å². The molecule has 0 aromatic heterocycles. The van der Waals surface area contributed by atoms with Gasteiger partial charge in [0.1, 0.15) is 0 Å². The summed E-state index contributed by atoms with van der Waals surface area (Å²) in [5.41, 5.74) is 10.5. The Morgan fingerprint density at radius 1 is 1.15 bits per heavy atom. The molecule has 34 heavy (non-hydrogen) atoms. The van der Waals surface area contributed by atoms with E-state index in [-0.39, 0.29) is 22.1 Å². The van der Waals surface area contributed by atoms with Crippen LogP contribution in [0.5, 0.6) is 0 Å². The van der Waals surface area contributed by atoms with Crippen molar-refractivity contribution < 1.29 is 4.79 Å². The Balaban J connectivity index is 4.09. The molecule has 0 aliphatic rings. The van der Waals surface area contributed by atoms with Gasteiger partial charge in [-0.05, 0) is 42.3 Å². The van der Waals surface area contributed by atoms with Crippen LogP contribution in [0, 0.1) is 36.0 Å². The molecule has 0 fully saturated rings. The fourth-order valence-electron chi connectivity index (χ4n) is 2.34. The van der Waals surface area contributed by atoms with Crippen LogP contribution >= 0.6 is 43.5 Å². The summed E-state index contributed by atoms with van der Waals surface area (Å²) in [5, 5.41) is 2.77. The van der Waals surface area contributed by atoms with Crippen LogP contribution in [0.3, 0.4) is 0 Å². The number of unbranched alkanes of at least 4 members (excludes halogenated alkanes) is 3. The molecular weight excluding hydrogens is 580 g/mol. The number of terminal acetylenes is 1. The van der Waals surface area contributed by atoms with E-state index in [0.29, 0.717) is 45.2 Å². The number of hydrogen-bond acceptors (Lipinski definition) is 2. The molecule has 1 amide bonds. The first-order valence-electron chi connectivity index (χ1n) is 11.0. The zero-order chi connectivity index (χ0) is 25.4. The van der Waals surface area contributed by atoms with Gasteiger partial charge in [-0.3, -0.25) is 9.79 Å². The lowest BCUT2D eigenvalue weighted by Crippen LogP contribution is -2.23. The third-order valence-corrected chi connectivity index (χ3v) is 6.41. The Bertz CT molecular complexity index is 878. The number of alkyl halides is 2. The second-order valence-corrected chi connectivity index (χ2v) is 9.84. The molecule has 0 radical (unpaired) electrons. The first-order chi connectivity index (χ1) is 16.4. The molecule has 5 nitrogen and oxygen atoms in total. The van der Waals surface area contributed by atoms with Gasteiger partial charge in [0, 0.05) is 43.6 Å². The van der Waals surface area contributed by atoms with E-state index in [1.807, 2.05) is 18.2 Å². The van der Waals surface area contributed by atoms with Gasteiger partial charge in [-0.15, -0.1) is 23.9 Å². The predicted molar refractivity (Wildman–Crippen MR) is 153 cm³/mol. The average molecular weight is 613 g/mol. The van der Waals surface area contributed by atoms with Crippen molar-refractivity contribution in [2.24, 2.45) is 16.5 Å². The van der Waals surface area contributed by atoms with Gasteiger partial charge in [-0.1, -0.05) is 73.8 Å². The molecule has 2 atom stereocenters. The quantitative estimate of drug-likeness (QED) is 0.0651. The van der Waals surface area contributed by atoms with Gasteiger partial charge in [0.15, 0.2) is 5.96 Å². The molecular formula is C26H33Br2ClN4O. The summed E-state index contributed by atoms with van der Waals surface area (Å²) in [7, 11) is 0. The zero-order valence-corrected chi connectivity index (χ0v) is 23.3. The second kappa shape index (κ2) is 22.7. The minimum atomic E-state index is -0.129. The topological polar surface area (TPSA) is 93.5 Å². The minimum absolute atomic E-state index is 0.00749. The average Bonchev–Trinajstić information content (AvgIpc) is 2.79. The van der Waals surface area contributed by atoms with Gasteiger partial charge >= 0.3 is 0 Å². The molecule has 0 spiro atoms. The van der Waals surface area contributed by atoms with Crippen LogP contribution in [0.2, 0.25) is 0 Å². The van der Waals surface area contributed by atoms with Crippen LogP contribution in [0.4, 0.5) is 0 Å². The highest BCUT2D eigenvalue weighted by Crippen LogP contribution is 2.25. The number of amides is 1. The molecule has 0 aromatic rings. The summed E-state index contributed by atoms with van der Waals surface area (Å²) in [6.45, 7) is 1.27. The number of hydrogen-bond donors (Lipinski definition) is 3. The molecule has 8 heteroatoms. The molecule has 0 aliphatic heterocycles. The summed E-state index contributed by atoms with van der Waals surface area (Å²) >= 11 is 13.6. The third-order valence-electron chi connectivity index (χ3n) is 4.10. The van der Waals surface area contributed by atoms with E-state index in [1.54, 1.807) is 12.2 Å². The van der Waals surface area contributed by atoms with Crippen LogP contribution in [0.25, 0.3) is 0 Å². The molecule has 184 valence electrons. The standard InChI is InChI=1S/C26H33Br2ClN4O/c1-2-3-4-5-6-7-8-9-11-17-23(28)24(29)21-22(27)16-12-13-18-25(34)32-19-14-10-15-20-33-26(30)31/h1,7-8,12-13,16,23-24H,3-4,10,14-15,17-21H2,(H,32,34)(H4,30,31,33)/b8-7+,13-12-,22-16+/t23-,24-/m0/s1. The molecule has 0 aromatic carbocycles. The first kappa shape index (κ1) is 31.9. The fraction of sp³-hybridized carbons (Fsp3) is 0.462. The van der Waals surface area contributed by atoms with Crippen molar-refractivity contribution in [2.45, 2.75) is 61.6 Å². The largest absolute Gasteiger partial charge is 0.370 e. The van der Waals surface area contributed by atoms with Gasteiger partial charge in [0.05, 0.1) is 5.38 Å².